The third-order valence-corrected chi connectivity index (χ3v) is 6.55. The third-order valence-electron chi connectivity index (χ3n) is 6.55. The van der Waals surface area contributed by atoms with Gasteiger partial charge in [0.05, 0.1) is 6.42 Å². The SMILES string of the molecule is CCCC[C@H](CC(=O)N[C@@H](CC(=O)O)C(C)C)NC(=O)OCC1c2ccccc2-c2ccccc21. The van der Waals surface area contributed by atoms with Crippen LogP contribution in [0.1, 0.15) is 69.9 Å². The lowest BCUT2D eigenvalue weighted by molar-refractivity contribution is -0.138. The van der Waals surface area contributed by atoms with Crippen molar-refractivity contribution in [2.75, 3.05) is 6.61 Å². The summed E-state index contributed by atoms with van der Waals surface area (Å²) >= 11 is 0. The van der Waals surface area contributed by atoms with Crippen molar-refractivity contribution in [2.24, 2.45) is 5.92 Å². The molecule has 0 bridgehead atoms. The number of alkyl carbamates (subject to hydrolysis) is 1. The fraction of sp³-hybridized carbons (Fsp3) is 0.464. The highest BCUT2D eigenvalue weighted by molar-refractivity contribution is 5.80. The van der Waals surface area contributed by atoms with Crippen LogP contribution < -0.4 is 10.6 Å². The predicted octanol–water partition coefficient (Wildman–Crippen LogP) is 5.09. The van der Waals surface area contributed by atoms with Crippen LogP contribution in [0.4, 0.5) is 4.79 Å². The van der Waals surface area contributed by atoms with E-state index >= 15 is 0 Å². The molecule has 0 fully saturated rings. The number of amides is 2. The molecule has 35 heavy (non-hydrogen) atoms. The van der Waals surface area contributed by atoms with Crippen molar-refractivity contribution in [1.29, 1.82) is 0 Å². The van der Waals surface area contributed by atoms with Crippen LogP contribution in [0.3, 0.4) is 0 Å². The number of carboxylic acids is 1. The Morgan fingerprint density at radius 1 is 0.943 bits per heavy atom. The highest BCUT2D eigenvalue weighted by atomic mass is 16.5. The second kappa shape index (κ2) is 12.4. The van der Waals surface area contributed by atoms with Crippen molar-refractivity contribution in [2.45, 2.75) is 70.9 Å². The van der Waals surface area contributed by atoms with E-state index in [1.165, 1.54) is 0 Å². The van der Waals surface area contributed by atoms with Crippen molar-refractivity contribution < 1.29 is 24.2 Å². The number of benzene rings is 2. The average molecular weight is 481 g/mol. The van der Waals surface area contributed by atoms with Crippen LogP contribution >= 0.6 is 0 Å². The summed E-state index contributed by atoms with van der Waals surface area (Å²) < 4.78 is 5.64. The zero-order valence-corrected chi connectivity index (χ0v) is 20.8. The Labute approximate surface area is 207 Å². The van der Waals surface area contributed by atoms with E-state index in [-0.39, 0.29) is 43.2 Å². The Morgan fingerprint density at radius 2 is 1.54 bits per heavy atom. The van der Waals surface area contributed by atoms with Crippen LogP contribution in [0.5, 0.6) is 0 Å². The summed E-state index contributed by atoms with van der Waals surface area (Å²) in [6.07, 6.45) is 1.81. The van der Waals surface area contributed by atoms with Crippen molar-refractivity contribution in [3.63, 3.8) is 0 Å². The van der Waals surface area contributed by atoms with Gasteiger partial charge in [0, 0.05) is 24.4 Å². The Balaban J connectivity index is 1.60. The quantitative estimate of drug-likeness (QED) is 0.392. The highest BCUT2D eigenvalue weighted by Crippen LogP contribution is 2.44. The minimum absolute atomic E-state index is 0.0146. The third kappa shape index (κ3) is 7.07. The lowest BCUT2D eigenvalue weighted by Gasteiger charge is -2.23. The lowest BCUT2D eigenvalue weighted by atomic mass is 9.98. The van der Waals surface area contributed by atoms with Crippen LogP contribution in [-0.2, 0) is 14.3 Å². The van der Waals surface area contributed by atoms with Gasteiger partial charge in [-0.2, -0.15) is 0 Å². The Hall–Kier alpha value is -3.35. The predicted molar refractivity (Wildman–Crippen MR) is 135 cm³/mol. The normalized spacial score (nSPS) is 14.1. The largest absolute Gasteiger partial charge is 0.481 e. The molecule has 2 amide bonds. The number of nitrogens with one attached hydrogen (secondary N) is 2. The standard InChI is InChI=1S/C28H36N2O5/c1-4-5-10-19(15-26(31)30-25(18(2)3)16-27(32)33)29-28(34)35-17-24-22-13-8-6-11-20(22)21-12-7-9-14-23(21)24/h6-9,11-14,18-19,24-25H,4-5,10,15-17H2,1-3H3,(H,29,34)(H,30,31)(H,32,33)/t19-,25+/m1/s1. The first kappa shape index (κ1) is 26.3. The summed E-state index contributed by atoms with van der Waals surface area (Å²) in [5, 5.41) is 14.8. The zero-order valence-electron chi connectivity index (χ0n) is 20.8. The van der Waals surface area contributed by atoms with Crippen molar-refractivity contribution in [3.8, 4) is 11.1 Å². The Kier molecular flexibility index (Phi) is 9.29. The van der Waals surface area contributed by atoms with E-state index in [9.17, 15) is 14.4 Å². The van der Waals surface area contributed by atoms with E-state index < -0.39 is 18.1 Å². The summed E-state index contributed by atoms with van der Waals surface area (Å²) in [5.41, 5.74) is 4.61. The molecule has 0 saturated carbocycles. The molecule has 2 aromatic carbocycles. The van der Waals surface area contributed by atoms with Gasteiger partial charge in [0.15, 0.2) is 0 Å². The molecule has 3 N–H and O–H groups in total. The molecule has 0 aliphatic heterocycles. The number of fused-ring (bicyclic) bond motifs is 3. The molecule has 7 heteroatoms. The van der Waals surface area contributed by atoms with Gasteiger partial charge in [-0.25, -0.2) is 4.79 Å². The molecule has 2 aromatic rings. The van der Waals surface area contributed by atoms with E-state index in [4.69, 9.17) is 9.84 Å². The summed E-state index contributed by atoms with van der Waals surface area (Å²) in [4.78, 5) is 36.5. The van der Waals surface area contributed by atoms with Gasteiger partial charge in [-0.3, -0.25) is 9.59 Å². The molecule has 3 rings (SSSR count). The van der Waals surface area contributed by atoms with Crippen molar-refractivity contribution in [3.05, 3.63) is 59.7 Å². The van der Waals surface area contributed by atoms with E-state index in [1.54, 1.807) is 0 Å². The fourth-order valence-electron chi connectivity index (χ4n) is 4.61. The van der Waals surface area contributed by atoms with Gasteiger partial charge < -0.3 is 20.5 Å². The van der Waals surface area contributed by atoms with E-state index in [0.717, 1.165) is 35.1 Å². The van der Waals surface area contributed by atoms with E-state index in [0.29, 0.717) is 6.42 Å². The minimum Gasteiger partial charge on any atom is -0.481 e. The smallest absolute Gasteiger partial charge is 0.407 e. The topological polar surface area (TPSA) is 105 Å². The Bertz CT molecular complexity index is 990. The molecule has 0 spiro atoms. The molecule has 2 atom stereocenters. The molecule has 0 radical (unpaired) electrons. The highest BCUT2D eigenvalue weighted by Gasteiger charge is 2.29. The van der Waals surface area contributed by atoms with Crippen molar-refractivity contribution >= 4 is 18.0 Å². The second-order valence-electron chi connectivity index (χ2n) is 9.53. The number of carbonyl (C=O) groups is 3. The van der Waals surface area contributed by atoms with Gasteiger partial charge in [0.25, 0.3) is 0 Å². The lowest BCUT2D eigenvalue weighted by Crippen LogP contribution is -2.44. The maximum absolute atomic E-state index is 12.7. The summed E-state index contributed by atoms with van der Waals surface area (Å²) in [6.45, 7) is 6.00. The molecule has 1 aliphatic carbocycles. The number of hydrogen-bond acceptors (Lipinski definition) is 4. The average Bonchev–Trinajstić information content (AvgIpc) is 3.14. The first-order chi connectivity index (χ1) is 16.8. The molecule has 188 valence electrons. The maximum Gasteiger partial charge on any atom is 0.407 e. The molecular weight excluding hydrogens is 444 g/mol. The van der Waals surface area contributed by atoms with Crippen LogP contribution in [0.25, 0.3) is 11.1 Å². The molecule has 0 aromatic heterocycles. The van der Waals surface area contributed by atoms with Crippen LogP contribution in [0.15, 0.2) is 48.5 Å². The van der Waals surface area contributed by atoms with Gasteiger partial charge in [-0.1, -0.05) is 82.1 Å². The zero-order chi connectivity index (χ0) is 25.4. The van der Waals surface area contributed by atoms with Gasteiger partial charge in [0.2, 0.25) is 5.91 Å². The summed E-state index contributed by atoms with van der Waals surface area (Å²) in [6, 6.07) is 15.5. The number of carboxylic acid groups (broad SMARTS) is 1. The van der Waals surface area contributed by atoms with Crippen LogP contribution in [0, 0.1) is 5.92 Å². The van der Waals surface area contributed by atoms with Gasteiger partial charge in [0.1, 0.15) is 6.61 Å². The monoisotopic (exact) mass is 480 g/mol. The molecule has 7 nitrogen and oxygen atoms in total. The summed E-state index contributed by atoms with van der Waals surface area (Å²) in [7, 11) is 0. The number of ether oxygens (including phenoxy) is 1. The minimum atomic E-state index is -0.955. The number of aliphatic carboxylic acids is 1. The maximum atomic E-state index is 12.7. The molecule has 1 aliphatic rings. The molecule has 0 unspecified atom stereocenters. The van der Waals surface area contributed by atoms with Crippen molar-refractivity contribution in [1.82, 2.24) is 10.6 Å². The van der Waals surface area contributed by atoms with E-state index in [2.05, 4.69) is 34.9 Å². The van der Waals surface area contributed by atoms with Gasteiger partial charge in [-0.15, -0.1) is 0 Å². The number of hydrogen-bond donors (Lipinski definition) is 3. The Morgan fingerprint density at radius 3 is 2.09 bits per heavy atom. The second-order valence-corrected chi connectivity index (χ2v) is 9.53. The number of rotatable bonds is 12. The molecular formula is C28H36N2O5. The first-order valence-electron chi connectivity index (χ1n) is 12.4. The van der Waals surface area contributed by atoms with E-state index in [1.807, 2.05) is 45.0 Å². The number of carbonyl (C=O) groups excluding carboxylic acids is 2. The number of unbranched alkanes of at least 4 members (excludes halogenated alkanes) is 1. The van der Waals surface area contributed by atoms with Gasteiger partial charge in [-0.05, 0) is 34.6 Å². The first-order valence-corrected chi connectivity index (χ1v) is 12.4. The summed E-state index contributed by atoms with van der Waals surface area (Å²) in [5.74, 6) is -1.28. The fourth-order valence-corrected chi connectivity index (χ4v) is 4.61. The molecule has 0 saturated heterocycles. The van der Waals surface area contributed by atoms with Crippen LogP contribution in [-0.4, -0.2) is 41.8 Å². The molecule has 0 heterocycles. The van der Waals surface area contributed by atoms with Crippen LogP contribution in [0.2, 0.25) is 0 Å². The van der Waals surface area contributed by atoms with Gasteiger partial charge >= 0.3 is 12.1 Å².